The number of β-amino-alcohol motifs (C(OH)–C–C–N with tert-alkyl or cyclic N) is 1. The van der Waals surface area contributed by atoms with Gasteiger partial charge in [-0.15, -0.1) is 0 Å². The number of carbonyl (C=O) groups is 3. The van der Waals surface area contributed by atoms with E-state index in [-0.39, 0.29) is 18.9 Å². The Hall–Kier alpha value is -2.74. The minimum Gasteiger partial charge on any atom is -0.390 e. The molecule has 1 aromatic rings. The topological polar surface area (TPSA) is 160 Å². The Morgan fingerprint density at radius 1 is 0.979 bits per heavy atom. The molecule has 13 heteroatoms. The zero-order valence-corrected chi connectivity index (χ0v) is 30.4. The smallest absolute Gasteiger partial charge is 0.318 e. The van der Waals surface area contributed by atoms with Gasteiger partial charge in [0.25, 0.3) is 0 Å². The van der Waals surface area contributed by atoms with E-state index in [4.69, 9.17) is 0 Å². The second kappa shape index (κ2) is 15.9. The van der Waals surface area contributed by atoms with Gasteiger partial charge in [0.2, 0.25) is 11.8 Å². The first-order chi connectivity index (χ1) is 22.5. The van der Waals surface area contributed by atoms with E-state index in [1.807, 2.05) is 51.1 Å². The van der Waals surface area contributed by atoms with E-state index in [0.29, 0.717) is 44.6 Å². The fraction of sp³-hybridized carbons (Fsp3) is 0.743. The molecule has 1 aliphatic carbocycles. The SMILES string of the molecule is CC(C)(C)NC(=O)C1CC2CCCCC2CN1CC(O)C(Cc1ccccc1)NC(=O)C(NC(=O)N1CCNCC1)C(C)(C)S(C)(=O)=O. The number of carbonyl (C=O) groups excluding carboxylic acids is 3. The zero-order valence-electron chi connectivity index (χ0n) is 29.6. The van der Waals surface area contributed by atoms with Crippen molar-refractivity contribution in [3.05, 3.63) is 35.9 Å². The number of likely N-dealkylation sites (tertiary alicyclic amines) is 1. The number of aliphatic hydroxyl groups is 1. The van der Waals surface area contributed by atoms with Crippen molar-refractivity contribution in [3.63, 3.8) is 0 Å². The quantitative estimate of drug-likeness (QED) is 0.235. The molecule has 3 aliphatic rings. The van der Waals surface area contributed by atoms with E-state index in [9.17, 15) is 27.9 Å². The number of nitrogens with zero attached hydrogens (tertiary/aromatic N) is 2. The van der Waals surface area contributed by atoms with Crippen LogP contribution in [0.15, 0.2) is 30.3 Å². The molecule has 1 aromatic carbocycles. The second-order valence-corrected chi connectivity index (χ2v) is 18.2. The molecule has 3 fully saturated rings. The van der Waals surface area contributed by atoms with Crippen molar-refractivity contribution >= 4 is 27.7 Å². The number of hydrogen-bond donors (Lipinski definition) is 5. The van der Waals surface area contributed by atoms with Crippen LogP contribution in [0.25, 0.3) is 0 Å². The summed E-state index contributed by atoms with van der Waals surface area (Å²) in [7, 11) is -3.83. The third-order valence-electron chi connectivity index (χ3n) is 10.4. The first-order valence-electron chi connectivity index (χ1n) is 17.5. The molecule has 0 radical (unpaired) electrons. The molecule has 48 heavy (non-hydrogen) atoms. The minimum atomic E-state index is -3.83. The van der Waals surface area contributed by atoms with Gasteiger partial charge in [0.05, 0.1) is 22.9 Å². The van der Waals surface area contributed by atoms with Gasteiger partial charge in [-0.05, 0) is 71.3 Å². The van der Waals surface area contributed by atoms with Crippen LogP contribution in [-0.2, 0) is 25.8 Å². The lowest BCUT2D eigenvalue weighted by Crippen LogP contribution is -2.65. The standard InChI is InChI=1S/C35H58N6O6S/c1-34(2,3)39-31(43)28-21-25-14-10-11-15-26(25)22-41(28)23-29(42)27(20-24-12-8-7-9-13-24)37-32(44)30(35(4,5)48(6,46)47)38-33(45)40-18-16-36-17-19-40/h7-9,12-13,25-30,36,42H,10-11,14-23H2,1-6H3,(H,37,44)(H,38,45)(H,39,43). The number of piperidine rings is 1. The van der Waals surface area contributed by atoms with E-state index in [1.165, 1.54) is 20.3 Å². The Morgan fingerprint density at radius 2 is 1.60 bits per heavy atom. The fourth-order valence-corrected chi connectivity index (χ4v) is 7.86. The summed E-state index contributed by atoms with van der Waals surface area (Å²) in [6, 6.07) is 6.27. The van der Waals surface area contributed by atoms with Gasteiger partial charge in [-0.3, -0.25) is 14.5 Å². The molecule has 0 aromatic heterocycles. The number of benzene rings is 1. The second-order valence-electron chi connectivity index (χ2n) is 15.6. The number of aliphatic hydroxyl groups excluding tert-OH is 1. The average molecular weight is 691 g/mol. The number of fused-ring (bicyclic) bond motifs is 1. The molecular weight excluding hydrogens is 632 g/mol. The van der Waals surface area contributed by atoms with Gasteiger partial charge in [0, 0.05) is 51.1 Å². The lowest BCUT2D eigenvalue weighted by Gasteiger charge is -2.47. The van der Waals surface area contributed by atoms with Gasteiger partial charge < -0.3 is 31.3 Å². The van der Waals surface area contributed by atoms with Gasteiger partial charge in [0.1, 0.15) is 6.04 Å². The van der Waals surface area contributed by atoms with Crippen LogP contribution in [-0.4, -0.2) is 121 Å². The third kappa shape index (κ3) is 9.92. The molecule has 0 spiro atoms. The van der Waals surface area contributed by atoms with Crippen molar-refractivity contribution in [2.45, 2.75) is 108 Å². The predicted octanol–water partition coefficient (Wildman–Crippen LogP) is 1.68. The summed E-state index contributed by atoms with van der Waals surface area (Å²) in [5.74, 6) is 0.141. The summed E-state index contributed by atoms with van der Waals surface area (Å²) in [4.78, 5) is 44.7. The first kappa shape index (κ1) is 38.1. The Labute approximate surface area is 287 Å². The minimum absolute atomic E-state index is 0.0621. The van der Waals surface area contributed by atoms with E-state index in [2.05, 4.69) is 26.2 Å². The largest absolute Gasteiger partial charge is 0.390 e. The van der Waals surface area contributed by atoms with Crippen molar-refractivity contribution in [1.82, 2.24) is 31.1 Å². The highest BCUT2D eigenvalue weighted by atomic mass is 32.2. The normalized spacial score (nSPS) is 24.5. The van der Waals surface area contributed by atoms with E-state index >= 15 is 0 Å². The summed E-state index contributed by atoms with van der Waals surface area (Å²) in [6.45, 7) is 11.6. The Bertz CT molecular complexity index is 1360. The number of piperazine rings is 1. The fourth-order valence-electron chi connectivity index (χ4n) is 7.26. The molecule has 4 amide bonds. The van der Waals surface area contributed by atoms with E-state index in [1.54, 1.807) is 4.90 Å². The molecule has 270 valence electrons. The Kier molecular flexibility index (Phi) is 12.6. The van der Waals surface area contributed by atoms with Crippen LogP contribution in [0.4, 0.5) is 4.79 Å². The number of urea groups is 1. The van der Waals surface area contributed by atoms with E-state index in [0.717, 1.165) is 37.5 Å². The molecular formula is C35H58N6O6S. The lowest BCUT2D eigenvalue weighted by atomic mass is 9.72. The lowest BCUT2D eigenvalue weighted by molar-refractivity contribution is -0.133. The molecule has 2 aliphatic heterocycles. The maximum Gasteiger partial charge on any atom is 0.318 e. The van der Waals surface area contributed by atoms with Gasteiger partial charge in [-0.25, -0.2) is 13.2 Å². The summed E-state index contributed by atoms with van der Waals surface area (Å²) >= 11 is 0. The summed E-state index contributed by atoms with van der Waals surface area (Å²) < 4.78 is 24.3. The average Bonchev–Trinajstić information content (AvgIpc) is 3.02. The monoisotopic (exact) mass is 690 g/mol. The highest BCUT2D eigenvalue weighted by Crippen LogP contribution is 2.39. The van der Waals surface area contributed by atoms with E-state index < -0.39 is 56.3 Å². The van der Waals surface area contributed by atoms with Crippen LogP contribution in [0.2, 0.25) is 0 Å². The molecule has 6 unspecified atom stereocenters. The maximum absolute atomic E-state index is 14.2. The van der Waals surface area contributed by atoms with Gasteiger partial charge >= 0.3 is 6.03 Å². The summed E-state index contributed by atoms with van der Waals surface area (Å²) in [5.41, 5.74) is 0.462. The van der Waals surface area contributed by atoms with Gasteiger partial charge in [0.15, 0.2) is 9.84 Å². The van der Waals surface area contributed by atoms with Crippen molar-refractivity contribution in [1.29, 1.82) is 0 Å². The molecule has 6 atom stereocenters. The van der Waals surface area contributed by atoms with Crippen LogP contribution in [0.1, 0.15) is 72.3 Å². The Morgan fingerprint density at radius 3 is 2.21 bits per heavy atom. The number of rotatable bonds is 11. The van der Waals surface area contributed by atoms with Crippen LogP contribution in [0.3, 0.4) is 0 Å². The molecule has 0 bridgehead atoms. The number of nitrogens with one attached hydrogen (secondary N) is 4. The van der Waals surface area contributed by atoms with Crippen LogP contribution < -0.4 is 21.3 Å². The maximum atomic E-state index is 14.2. The molecule has 1 saturated carbocycles. The van der Waals surface area contributed by atoms with Gasteiger partial charge in [-0.2, -0.15) is 0 Å². The van der Waals surface area contributed by atoms with Crippen LogP contribution >= 0.6 is 0 Å². The summed E-state index contributed by atoms with van der Waals surface area (Å²) in [6.07, 6.45) is 5.46. The summed E-state index contributed by atoms with van der Waals surface area (Å²) in [5, 5.41) is 23.9. The van der Waals surface area contributed by atoms with Crippen molar-refractivity contribution in [3.8, 4) is 0 Å². The van der Waals surface area contributed by atoms with Crippen molar-refractivity contribution in [2.24, 2.45) is 11.8 Å². The molecule has 4 rings (SSSR count). The molecule has 2 heterocycles. The highest BCUT2D eigenvalue weighted by molar-refractivity contribution is 7.92. The predicted molar refractivity (Wildman–Crippen MR) is 187 cm³/mol. The number of hydrogen-bond acceptors (Lipinski definition) is 8. The molecule has 2 saturated heterocycles. The van der Waals surface area contributed by atoms with Crippen LogP contribution in [0.5, 0.6) is 0 Å². The first-order valence-corrected chi connectivity index (χ1v) is 19.4. The van der Waals surface area contributed by atoms with Crippen LogP contribution in [0, 0.1) is 11.8 Å². The number of sulfone groups is 1. The highest BCUT2D eigenvalue weighted by Gasteiger charge is 2.46. The number of amides is 4. The molecule has 5 N–H and O–H groups in total. The zero-order chi connectivity index (χ0) is 35.3. The van der Waals surface area contributed by atoms with Gasteiger partial charge in [-0.1, -0.05) is 49.6 Å². The third-order valence-corrected chi connectivity index (χ3v) is 12.5. The molecule has 12 nitrogen and oxygen atoms in total. The Balaban J connectivity index is 1.60. The van der Waals surface area contributed by atoms with Crippen molar-refractivity contribution in [2.75, 3.05) is 45.5 Å². The van der Waals surface area contributed by atoms with Crippen molar-refractivity contribution < 1.29 is 27.9 Å².